The van der Waals surface area contributed by atoms with Crippen LogP contribution in [0.2, 0.25) is 0 Å². The lowest BCUT2D eigenvalue weighted by atomic mass is 10.1. The van der Waals surface area contributed by atoms with Crippen molar-refractivity contribution >= 4 is 27.3 Å². The molecule has 2 heterocycles. The van der Waals surface area contributed by atoms with Crippen LogP contribution in [-0.2, 0) is 22.9 Å². The van der Waals surface area contributed by atoms with Crippen molar-refractivity contribution in [3.05, 3.63) is 71.1 Å². The Hall–Kier alpha value is -3.13. The Morgan fingerprint density at radius 2 is 1.90 bits per heavy atom. The standard InChI is InChI=1S/C21H21N3O4S/c1-3-18-20(14(2)28-23-18)21(25)22-16-8-10-17(11-9-16)29(26,27)24-13-12-15-6-4-5-7-19(15)24/h4-11H,3,12-13H2,1-2H3,(H,22,25). The smallest absolute Gasteiger partial charge is 0.264 e. The topological polar surface area (TPSA) is 92.5 Å². The first kappa shape index (κ1) is 19.2. The highest BCUT2D eigenvalue weighted by Crippen LogP contribution is 2.32. The number of aromatic nitrogens is 1. The lowest BCUT2D eigenvalue weighted by Crippen LogP contribution is -2.29. The molecule has 7 nitrogen and oxygen atoms in total. The second kappa shape index (κ2) is 7.36. The molecule has 3 aromatic rings. The fourth-order valence-electron chi connectivity index (χ4n) is 3.54. The maximum atomic E-state index is 13.1. The number of para-hydroxylation sites is 1. The van der Waals surface area contributed by atoms with Crippen molar-refractivity contribution in [1.82, 2.24) is 5.16 Å². The fraction of sp³-hybridized carbons (Fsp3) is 0.238. The number of carbonyl (C=O) groups excluding carboxylic acids is 1. The molecule has 0 fully saturated rings. The molecule has 0 spiro atoms. The van der Waals surface area contributed by atoms with Crippen molar-refractivity contribution in [3.63, 3.8) is 0 Å². The number of nitrogens with zero attached hydrogens (tertiary/aromatic N) is 2. The molecule has 4 rings (SSSR count). The summed E-state index contributed by atoms with van der Waals surface area (Å²) in [5.74, 6) is 0.121. The van der Waals surface area contributed by atoms with Gasteiger partial charge >= 0.3 is 0 Å². The van der Waals surface area contributed by atoms with Crippen molar-refractivity contribution < 1.29 is 17.7 Å². The molecule has 29 heavy (non-hydrogen) atoms. The van der Waals surface area contributed by atoms with Crippen molar-refractivity contribution in [1.29, 1.82) is 0 Å². The molecule has 0 unspecified atom stereocenters. The summed E-state index contributed by atoms with van der Waals surface area (Å²) >= 11 is 0. The van der Waals surface area contributed by atoms with Gasteiger partial charge in [-0.25, -0.2) is 8.42 Å². The summed E-state index contributed by atoms with van der Waals surface area (Å²) in [7, 11) is -3.66. The van der Waals surface area contributed by atoms with Crippen LogP contribution in [0.3, 0.4) is 0 Å². The quantitative estimate of drug-likeness (QED) is 0.693. The van der Waals surface area contributed by atoms with Gasteiger partial charge in [0.1, 0.15) is 11.3 Å². The first-order chi connectivity index (χ1) is 13.9. The summed E-state index contributed by atoms with van der Waals surface area (Å²) < 4.78 is 32.7. The Bertz CT molecular complexity index is 1170. The van der Waals surface area contributed by atoms with E-state index in [9.17, 15) is 13.2 Å². The summed E-state index contributed by atoms with van der Waals surface area (Å²) in [5.41, 5.74) is 3.25. The Morgan fingerprint density at radius 1 is 1.17 bits per heavy atom. The molecule has 1 aliphatic rings. The number of anilines is 2. The molecule has 1 aliphatic heterocycles. The third kappa shape index (κ3) is 3.40. The van der Waals surface area contributed by atoms with Gasteiger partial charge in [0, 0.05) is 12.2 Å². The van der Waals surface area contributed by atoms with E-state index in [0.29, 0.717) is 42.1 Å². The minimum atomic E-state index is -3.66. The van der Waals surface area contributed by atoms with E-state index in [4.69, 9.17) is 4.52 Å². The van der Waals surface area contributed by atoms with Gasteiger partial charge in [-0.15, -0.1) is 0 Å². The van der Waals surface area contributed by atoms with Gasteiger partial charge in [0.2, 0.25) is 0 Å². The van der Waals surface area contributed by atoms with E-state index in [2.05, 4.69) is 10.5 Å². The first-order valence-corrected chi connectivity index (χ1v) is 10.8. The van der Waals surface area contributed by atoms with Crippen molar-refractivity contribution in [2.45, 2.75) is 31.6 Å². The van der Waals surface area contributed by atoms with Crippen molar-refractivity contribution in [3.8, 4) is 0 Å². The number of fused-ring (bicyclic) bond motifs is 1. The van der Waals surface area contributed by atoms with Gasteiger partial charge < -0.3 is 9.84 Å². The molecular formula is C21H21N3O4S. The van der Waals surface area contributed by atoms with Crippen LogP contribution in [0.25, 0.3) is 0 Å². The Morgan fingerprint density at radius 3 is 2.62 bits per heavy atom. The molecule has 1 amide bonds. The van der Waals surface area contributed by atoms with Crippen molar-refractivity contribution in [2.75, 3.05) is 16.2 Å². The third-order valence-electron chi connectivity index (χ3n) is 5.04. The first-order valence-electron chi connectivity index (χ1n) is 9.39. The van der Waals surface area contributed by atoms with E-state index in [1.165, 1.54) is 16.4 Å². The van der Waals surface area contributed by atoms with Gasteiger partial charge in [-0.3, -0.25) is 9.10 Å². The summed E-state index contributed by atoms with van der Waals surface area (Å²) in [6, 6.07) is 13.7. The minimum Gasteiger partial charge on any atom is -0.361 e. The molecule has 2 aromatic carbocycles. The summed E-state index contributed by atoms with van der Waals surface area (Å²) in [5, 5.41) is 6.66. The zero-order valence-corrected chi connectivity index (χ0v) is 17.0. The Balaban J connectivity index is 1.55. The Kier molecular flexibility index (Phi) is 4.87. The number of hydrogen-bond acceptors (Lipinski definition) is 5. The van der Waals surface area contributed by atoms with Gasteiger partial charge in [0.05, 0.1) is 16.3 Å². The molecule has 1 N–H and O–H groups in total. The van der Waals surface area contributed by atoms with Gasteiger partial charge in [-0.1, -0.05) is 30.3 Å². The molecule has 0 atom stereocenters. The van der Waals surface area contributed by atoms with Crippen LogP contribution < -0.4 is 9.62 Å². The van der Waals surface area contributed by atoms with E-state index < -0.39 is 10.0 Å². The summed E-state index contributed by atoms with van der Waals surface area (Å²) in [6.45, 7) is 4.00. The number of carbonyl (C=O) groups is 1. The normalized spacial score (nSPS) is 13.4. The van der Waals surface area contributed by atoms with Crippen molar-refractivity contribution in [2.24, 2.45) is 0 Å². The Labute approximate surface area is 169 Å². The van der Waals surface area contributed by atoms with Gasteiger partial charge in [-0.2, -0.15) is 0 Å². The summed E-state index contributed by atoms with van der Waals surface area (Å²) in [6.07, 6.45) is 1.27. The predicted molar refractivity (Wildman–Crippen MR) is 110 cm³/mol. The number of hydrogen-bond donors (Lipinski definition) is 1. The lowest BCUT2D eigenvalue weighted by Gasteiger charge is -2.19. The summed E-state index contributed by atoms with van der Waals surface area (Å²) in [4.78, 5) is 12.7. The molecule has 0 bridgehead atoms. The van der Waals surface area contributed by atoms with Crippen LogP contribution in [0.4, 0.5) is 11.4 Å². The number of benzene rings is 2. The predicted octanol–water partition coefficient (Wildman–Crippen LogP) is 3.55. The average molecular weight is 411 g/mol. The highest BCUT2D eigenvalue weighted by atomic mass is 32.2. The average Bonchev–Trinajstić information content (AvgIpc) is 3.32. The lowest BCUT2D eigenvalue weighted by molar-refractivity contribution is 0.102. The van der Waals surface area contributed by atoms with E-state index in [0.717, 1.165) is 11.3 Å². The molecular weight excluding hydrogens is 390 g/mol. The molecule has 0 saturated heterocycles. The van der Waals surface area contributed by atoms with Crippen LogP contribution in [0.1, 0.15) is 34.3 Å². The highest BCUT2D eigenvalue weighted by molar-refractivity contribution is 7.92. The monoisotopic (exact) mass is 411 g/mol. The van der Waals surface area contributed by atoms with Gasteiger partial charge in [0.25, 0.3) is 15.9 Å². The second-order valence-electron chi connectivity index (χ2n) is 6.85. The van der Waals surface area contributed by atoms with Crippen LogP contribution >= 0.6 is 0 Å². The molecule has 0 aliphatic carbocycles. The fourth-order valence-corrected chi connectivity index (χ4v) is 5.04. The van der Waals surface area contributed by atoms with E-state index in [1.807, 2.05) is 31.2 Å². The minimum absolute atomic E-state index is 0.183. The molecule has 150 valence electrons. The number of amides is 1. The van der Waals surface area contributed by atoms with Crippen LogP contribution in [0, 0.1) is 6.92 Å². The third-order valence-corrected chi connectivity index (χ3v) is 6.87. The van der Waals surface area contributed by atoms with Crippen LogP contribution in [0.5, 0.6) is 0 Å². The number of sulfonamides is 1. The SMILES string of the molecule is CCc1noc(C)c1C(=O)Nc1ccc(S(=O)(=O)N2CCc3ccccc32)cc1. The molecule has 0 saturated carbocycles. The van der Waals surface area contributed by atoms with Crippen LogP contribution in [0.15, 0.2) is 57.9 Å². The zero-order valence-electron chi connectivity index (χ0n) is 16.2. The molecule has 0 radical (unpaired) electrons. The van der Waals surface area contributed by atoms with Gasteiger partial charge in [-0.05, 0) is 55.7 Å². The molecule has 8 heteroatoms. The van der Waals surface area contributed by atoms with Crippen LogP contribution in [-0.4, -0.2) is 26.0 Å². The van der Waals surface area contributed by atoms with E-state index >= 15 is 0 Å². The zero-order chi connectivity index (χ0) is 20.6. The molecule has 1 aromatic heterocycles. The number of nitrogens with one attached hydrogen (secondary N) is 1. The number of rotatable bonds is 5. The number of aryl methyl sites for hydroxylation is 2. The van der Waals surface area contributed by atoms with Gasteiger partial charge in [0.15, 0.2) is 0 Å². The highest BCUT2D eigenvalue weighted by Gasteiger charge is 2.30. The largest absolute Gasteiger partial charge is 0.361 e. The van der Waals surface area contributed by atoms with E-state index in [-0.39, 0.29) is 10.8 Å². The maximum Gasteiger partial charge on any atom is 0.264 e. The second-order valence-corrected chi connectivity index (χ2v) is 8.71. The maximum absolute atomic E-state index is 13.1. The van der Waals surface area contributed by atoms with E-state index in [1.54, 1.807) is 19.1 Å².